The van der Waals surface area contributed by atoms with Gasteiger partial charge in [-0.05, 0) is 49.4 Å². The van der Waals surface area contributed by atoms with E-state index in [1.54, 1.807) is 6.92 Å². The summed E-state index contributed by atoms with van der Waals surface area (Å²) >= 11 is 0. The quantitative estimate of drug-likeness (QED) is 0.822. The van der Waals surface area contributed by atoms with Crippen LogP contribution in [0.15, 0.2) is 23.1 Å². The average Bonchev–Trinajstić information content (AvgIpc) is 2.34. The highest BCUT2D eigenvalue weighted by atomic mass is 32.2. The summed E-state index contributed by atoms with van der Waals surface area (Å²) in [5, 5.41) is 0. The monoisotopic (exact) mass is 361 g/mol. The molecule has 128 valence electrons. The Balaban J connectivity index is 1.99. The van der Waals surface area contributed by atoms with Gasteiger partial charge in [0, 0.05) is 12.6 Å². The van der Waals surface area contributed by atoms with Gasteiger partial charge in [-0.1, -0.05) is 6.42 Å². The van der Waals surface area contributed by atoms with Gasteiger partial charge in [0.1, 0.15) is 5.82 Å². The van der Waals surface area contributed by atoms with Crippen molar-refractivity contribution in [1.82, 2.24) is 4.31 Å². The second kappa shape index (κ2) is 5.82. The number of sulfonamides is 1. The van der Waals surface area contributed by atoms with Crippen molar-refractivity contribution in [2.45, 2.75) is 37.1 Å². The van der Waals surface area contributed by atoms with Gasteiger partial charge in [0.25, 0.3) is 0 Å². The van der Waals surface area contributed by atoms with E-state index in [1.165, 1.54) is 16.4 Å². The van der Waals surface area contributed by atoms with Crippen molar-refractivity contribution in [2.24, 2.45) is 5.92 Å². The van der Waals surface area contributed by atoms with Crippen LogP contribution in [-0.4, -0.2) is 45.2 Å². The lowest BCUT2D eigenvalue weighted by Crippen LogP contribution is -2.55. The summed E-state index contributed by atoms with van der Waals surface area (Å²) in [6.07, 6.45) is 2.72. The van der Waals surface area contributed by atoms with Crippen LogP contribution < -0.4 is 0 Å². The van der Waals surface area contributed by atoms with Crippen LogP contribution in [0.4, 0.5) is 4.39 Å². The third-order valence-electron chi connectivity index (χ3n) is 4.83. The highest BCUT2D eigenvalue weighted by Crippen LogP contribution is 2.37. The Morgan fingerprint density at radius 1 is 1.26 bits per heavy atom. The van der Waals surface area contributed by atoms with E-state index in [4.69, 9.17) is 0 Å². The lowest BCUT2D eigenvalue weighted by atomic mass is 9.80. The Morgan fingerprint density at radius 2 is 1.96 bits per heavy atom. The van der Waals surface area contributed by atoms with Crippen LogP contribution in [-0.2, 0) is 19.9 Å². The molecule has 0 unspecified atom stereocenters. The van der Waals surface area contributed by atoms with Gasteiger partial charge in [0.2, 0.25) is 10.0 Å². The summed E-state index contributed by atoms with van der Waals surface area (Å²) < 4.78 is 64.5. The van der Waals surface area contributed by atoms with Crippen LogP contribution in [0.2, 0.25) is 0 Å². The van der Waals surface area contributed by atoms with Crippen molar-refractivity contribution in [1.29, 1.82) is 0 Å². The van der Waals surface area contributed by atoms with Gasteiger partial charge in [-0.25, -0.2) is 21.2 Å². The minimum atomic E-state index is -3.83. The molecule has 1 aliphatic carbocycles. The lowest BCUT2D eigenvalue weighted by Gasteiger charge is -2.42. The van der Waals surface area contributed by atoms with Gasteiger partial charge >= 0.3 is 0 Å². The molecule has 1 aromatic rings. The molecule has 0 bridgehead atoms. The minimum Gasteiger partial charge on any atom is -0.229 e. The molecular formula is C15H20FNO4S2. The zero-order valence-corrected chi connectivity index (χ0v) is 14.5. The maximum absolute atomic E-state index is 13.3. The number of aryl methyl sites for hydroxylation is 1. The molecule has 1 aliphatic heterocycles. The second-order valence-corrected chi connectivity index (χ2v) is 10.5. The summed E-state index contributed by atoms with van der Waals surface area (Å²) in [7, 11) is -7.04. The van der Waals surface area contributed by atoms with Gasteiger partial charge in [-0.3, -0.25) is 0 Å². The van der Waals surface area contributed by atoms with Crippen LogP contribution in [0.5, 0.6) is 0 Å². The molecule has 1 atom stereocenters. The summed E-state index contributed by atoms with van der Waals surface area (Å²) in [6.45, 7) is 1.53. The molecule has 1 aromatic carbocycles. The number of hydrogen-bond donors (Lipinski definition) is 0. The maximum Gasteiger partial charge on any atom is 0.243 e. The lowest BCUT2D eigenvalue weighted by molar-refractivity contribution is 0.175. The molecule has 1 saturated heterocycles. The van der Waals surface area contributed by atoms with Gasteiger partial charge in [0.15, 0.2) is 9.84 Å². The van der Waals surface area contributed by atoms with Crippen molar-refractivity contribution in [3.8, 4) is 0 Å². The van der Waals surface area contributed by atoms with E-state index in [2.05, 4.69) is 0 Å². The number of hydrogen-bond acceptors (Lipinski definition) is 4. The summed E-state index contributed by atoms with van der Waals surface area (Å²) in [5.41, 5.74) is 0.339. The average molecular weight is 361 g/mol. The van der Waals surface area contributed by atoms with E-state index in [9.17, 15) is 21.2 Å². The Bertz CT molecular complexity index is 816. The zero-order chi connectivity index (χ0) is 16.8. The van der Waals surface area contributed by atoms with Crippen LogP contribution in [0, 0.1) is 18.7 Å². The molecule has 0 spiro atoms. The molecule has 0 N–H and O–H groups in total. The molecule has 2 fully saturated rings. The predicted octanol–water partition coefficient (Wildman–Crippen LogP) is 1.72. The zero-order valence-electron chi connectivity index (χ0n) is 12.9. The van der Waals surface area contributed by atoms with Crippen LogP contribution in [0.1, 0.15) is 24.8 Å². The Morgan fingerprint density at radius 3 is 2.52 bits per heavy atom. The fourth-order valence-corrected chi connectivity index (χ4v) is 7.06. The summed E-state index contributed by atoms with van der Waals surface area (Å²) in [4.78, 5) is 0.0579. The van der Waals surface area contributed by atoms with Gasteiger partial charge in [0.05, 0.1) is 16.4 Å². The minimum absolute atomic E-state index is 0.0251. The van der Waals surface area contributed by atoms with E-state index < -0.39 is 31.7 Å². The molecule has 5 nitrogen and oxygen atoms in total. The highest BCUT2D eigenvalue weighted by Gasteiger charge is 2.44. The van der Waals surface area contributed by atoms with E-state index in [-0.39, 0.29) is 28.9 Å². The number of nitrogens with zero attached hydrogens (tertiary/aromatic N) is 1. The molecule has 2 aliphatic rings. The van der Waals surface area contributed by atoms with Crippen LogP contribution in [0.3, 0.4) is 0 Å². The summed E-state index contributed by atoms with van der Waals surface area (Å²) in [5.74, 6) is -0.661. The van der Waals surface area contributed by atoms with Gasteiger partial charge in [-0.15, -0.1) is 0 Å². The molecule has 1 heterocycles. The molecule has 0 amide bonds. The normalized spacial score (nSPS) is 25.9. The molecule has 23 heavy (non-hydrogen) atoms. The van der Waals surface area contributed by atoms with E-state index >= 15 is 0 Å². The van der Waals surface area contributed by atoms with Crippen LogP contribution in [0.25, 0.3) is 0 Å². The SMILES string of the molecule is Cc1cc(F)ccc1S(=O)(=O)N1CCS(=O)(=O)C[C@@H]1C1CCC1. The highest BCUT2D eigenvalue weighted by molar-refractivity contribution is 7.92. The third-order valence-corrected chi connectivity index (χ3v) is 8.57. The van der Waals surface area contributed by atoms with E-state index in [0.717, 1.165) is 25.3 Å². The molecular weight excluding hydrogens is 341 g/mol. The topological polar surface area (TPSA) is 71.5 Å². The Labute approximate surface area is 136 Å². The largest absolute Gasteiger partial charge is 0.243 e. The van der Waals surface area contributed by atoms with Gasteiger partial charge in [-0.2, -0.15) is 4.31 Å². The number of halogens is 1. The number of sulfone groups is 1. The standard InChI is InChI=1S/C15H20FNO4S2/c1-11-9-13(16)5-6-15(11)23(20,21)17-7-8-22(18,19)10-14(17)12-3-2-4-12/h5-6,9,12,14H,2-4,7-8,10H2,1H3/t14-/m1/s1. The Kier molecular flexibility index (Phi) is 4.27. The third kappa shape index (κ3) is 3.16. The van der Waals surface area contributed by atoms with Gasteiger partial charge < -0.3 is 0 Å². The van der Waals surface area contributed by atoms with E-state index in [1.807, 2.05) is 0 Å². The molecule has 8 heteroatoms. The first-order chi connectivity index (χ1) is 10.7. The maximum atomic E-state index is 13.3. The first kappa shape index (κ1) is 16.9. The predicted molar refractivity (Wildman–Crippen MR) is 84.8 cm³/mol. The first-order valence-corrected chi connectivity index (χ1v) is 11.0. The molecule has 3 rings (SSSR count). The first-order valence-electron chi connectivity index (χ1n) is 7.69. The molecule has 0 aromatic heterocycles. The fraction of sp³-hybridized carbons (Fsp3) is 0.600. The Hall–Kier alpha value is -0.990. The van der Waals surface area contributed by atoms with Crippen molar-refractivity contribution in [2.75, 3.05) is 18.1 Å². The van der Waals surface area contributed by atoms with Crippen molar-refractivity contribution in [3.05, 3.63) is 29.6 Å². The smallest absolute Gasteiger partial charge is 0.229 e. The second-order valence-electron chi connectivity index (χ2n) is 6.40. The fourth-order valence-electron chi connectivity index (χ4n) is 3.34. The number of benzene rings is 1. The summed E-state index contributed by atoms with van der Waals surface area (Å²) in [6, 6.07) is 3.07. The van der Waals surface area contributed by atoms with E-state index in [0.29, 0.717) is 5.56 Å². The molecule has 0 radical (unpaired) electrons. The van der Waals surface area contributed by atoms with Crippen molar-refractivity contribution >= 4 is 19.9 Å². The number of rotatable bonds is 3. The van der Waals surface area contributed by atoms with Crippen molar-refractivity contribution in [3.63, 3.8) is 0 Å². The van der Waals surface area contributed by atoms with Crippen LogP contribution >= 0.6 is 0 Å². The molecule has 1 saturated carbocycles. The van der Waals surface area contributed by atoms with Crippen molar-refractivity contribution < 1.29 is 21.2 Å².